The van der Waals surface area contributed by atoms with E-state index in [2.05, 4.69) is 37.1 Å². The van der Waals surface area contributed by atoms with Gasteiger partial charge in [0.2, 0.25) is 5.91 Å². The second-order valence-corrected chi connectivity index (χ2v) is 6.23. The third kappa shape index (κ3) is 4.23. The molecule has 1 N–H and O–H groups in total. The van der Waals surface area contributed by atoms with Gasteiger partial charge in [0, 0.05) is 39.6 Å². The number of carbonyl (C=O) groups is 1. The molecular formula is C17H25IN6O. The van der Waals surface area contributed by atoms with Gasteiger partial charge in [0.15, 0.2) is 5.96 Å². The molecule has 2 heterocycles. The van der Waals surface area contributed by atoms with Gasteiger partial charge in [-0.05, 0) is 12.5 Å². The van der Waals surface area contributed by atoms with Crippen molar-refractivity contribution in [3.63, 3.8) is 0 Å². The number of guanidine groups is 1. The van der Waals surface area contributed by atoms with Gasteiger partial charge in [0.1, 0.15) is 0 Å². The maximum absolute atomic E-state index is 11.8. The molecule has 1 aliphatic rings. The zero-order valence-corrected chi connectivity index (χ0v) is 17.2. The quantitative estimate of drug-likeness (QED) is 0.433. The molecule has 0 radical (unpaired) electrons. The maximum atomic E-state index is 11.8. The Bertz CT molecular complexity index is 756. The van der Waals surface area contributed by atoms with E-state index in [0.717, 1.165) is 36.4 Å². The number of hydrogen-bond acceptors (Lipinski definition) is 3. The van der Waals surface area contributed by atoms with Crippen LogP contribution in [0.5, 0.6) is 0 Å². The Morgan fingerprint density at radius 3 is 2.88 bits per heavy atom. The lowest BCUT2D eigenvalue weighted by molar-refractivity contribution is -0.127. The molecule has 0 aliphatic carbocycles. The van der Waals surface area contributed by atoms with Crippen LogP contribution in [0.25, 0.3) is 10.9 Å². The van der Waals surface area contributed by atoms with Crippen molar-refractivity contribution >= 4 is 46.7 Å². The number of nitrogens with zero attached hydrogens (tertiary/aromatic N) is 5. The van der Waals surface area contributed by atoms with Crippen LogP contribution < -0.4 is 5.32 Å². The van der Waals surface area contributed by atoms with Crippen LogP contribution in [-0.4, -0.2) is 72.2 Å². The number of fused-ring (bicyclic) bond motifs is 1. The summed E-state index contributed by atoms with van der Waals surface area (Å²) < 4.78 is 2.10. The van der Waals surface area contributed by atoms with E-state index < -0.39 is 0 Å². The number of aromatic nitrogens is 2. The zero-order chi connectivity index (χ0) is 17.1. The van der Waals surface area contributed by atoms with Crippen molar-refractivity contribution in [2.24, 2.45) is 4.99 Å². The summed E-state index contributed by atoms with van der Waals surface area (Å²) >= 11 is 0. The molecule has 1 aromatic heterocycles. The summed E-state index contributed by atoms with van der Waals surface area (Å²) in [6.07, 6.45) is 2.93. The van der Waals surface area contributed by atoms with Gasteiger partial charge in [-0.2, -0.15) is 5.10 Å². The minimum absolute atomic E-state index is 0. The van der Waals surface area contributed by atoms with E-state index in [4.69, 9.17) is 0 Å². The molecule has 3 rings (SSSR count). The van der Waals surface area contributed by atoms with E-state index in [1.54, 1.807) is 26.0 Å². The van der Waals surface area contributed by atoms with Gasteiger partial charge < -0.3 is 15.1 Å². The highest BCUT2D eigenvalue weighted by molar-refractivity contribution is 14.0. The van der Waals surface area contributed by atoms with Crippen LogP contribution >= 0.6 is 24.0 Å². The Kier molecular flexibility index (Phi) is 6.63. The first-order chi connectivity index (χ1) is 11.6. The molecule has 2 aromatic rings. The Labute approximate surface area is 165 Å². The standard InChI is InChI=1S/C17H24N6O.HI/c1-18-17(19-11-16(24)21(2)3)22-9-8-14(12-22)23-15-7-5-4-6-13(15)10-20-23;/h4-7,10,14H,8-9,11-12H2,1-3H3,(H,18,19);1H. The van der Waals surface area contributed by atoms with Crippen LogP contribution in [0.2, 0.25) is 0 Å². The van der Waals surface area contributed by atoms with Gasteiger partial charge in [-0.3, -0.25) is 14.5 Å². The molecule has 7 nitrogen and oxygen atoms in total. The van der Waals surface area contributed by atoms with Crippen molar-refractivity contribution in [2.45, 2.75) is 12.5 Å². The highest BCUT2D eigenvalue weighted by Gasteiger charge is 2.27. The molecule has 0 saturated carbocycles. The van der Waals surface area contributed by atoms with Crippen LogP contribution in [0.15, 0.2) is 35.5 Å². The molecule has 1 aromatic carbocycles. The predicted octanol–water partition coefficient (Wildman–Crippen LogP) is 1.56. The van der Waals surface area contributed by atoms with E-state index in [1.807, 2.05) is 18.3 Å². The molecule has 1 atom stereocenters. The number of amides is 1. The second-order valence-electron chi connectivity index (χ2n) is 6.23. The van der Waals surface area contributed by atoms with Crippen LogP contribution in [0.3, 0.4) is 0 Å². The number of halogens is 1. The number of carbonyl (C=O) groups excluding carboxylic acids is 1. The number of benzene rings is 1. The fraction of sp³-hybridized carbons (Fsp3) is 0.471. The molecule has 1 fully saturated rings. The van der Waals surface area contributed by atoms with Crippen LogP contribution in [0.4, 0.5) is 0 Å². The first-order valence-electron chi connectivity index (χ1n) is 8.18. The fourth-order valence-corrected chi connectivity index (χ4v) is 3.06. The molecule has 0 spiro atoms. The van der Waals surface area contributed by atoms with Crippen molar-refractivity contribution in [2.75, 3.05) is 40.8 Å². The normalized spacial score (nSPS) is 17.5. The Balaban J connectivity index is 0.00000225. The van der Waals surface area contributed by atoms with Gasteiger partial charge >= 0.3 is 0 Å². The largest absolute Gasteiger partial charge is 0.347 e. The second kappa shape index (κ2) is 8.50. The minimum Gasteiger partial charge on any atom is -0.347 e. The molecule has 0 bridgehead atoms. The minimum atomic E-state index is 0. The van der Waals surface area contributed by atoms with Crippen LogP contribution in [0, 0.1) is 0 Å². The molecule has 25 heavy (non-hydrogen) atoms. The number of para-hydroxylation sites is 1. The number of likely N-dealkylation sites (tertiary alicyclic amines) is 1. The van der Waals surface area contributed by atoms with Gasteiger partial charge in [0.05, 0.1) is 24.3 Å². The number of hydrogen-bond donors (Lipinski definition) is 1. The maximum Gasteiger partial charge on any atom is 0.241 e. The van der Waals surface area contributed by atoms with Crippen LogP contribution in [0.1, 0.15) is 12.5 Å². The molecule has 1 aliphatic heterocycles. The van der Waals surface area contributed by atoms with Crippen molar-refractivity contribution in [1.29, 1.82) is 0 Å². The number of nitrogens with one attached hydrogen (secondary N) is 1. The van der Waals surface area contributed by atoms with Gasteiger partial charge in [-0.25, -0.2) is 0 Å². The summed E-state index contributed by atoms with van der Waals surface area (Å²) in [4.78, 5) is 19.8. The summed E-state index contributed by atoms with van der Waals surface area (Å²) in [6.45, 7) is 1.99. The van der Waals surface area contributed by atoms with Gasteiger partial charge in [-0.1, -0.05) is 18.2 Å². The average molecular weight is 456 g/mol. The summed E-state index contributed by atoms with van der Waals surface area (Å²) in [5, 5.41) is 8.88. The van der Waals surface area contributed by atoms with E-state index in [-0.39, 0.29) is 36.4 Å². The monoisotopic (exact) mass is 456 g/mol. The highest BCUT2D eigenvalue weighted by Crippen LogP contribution is 2.25. The molecule has 1 saturated heterocycles. The van der Waals surface area contributed by atoms with Gasteiger partial charge in [0.25, 0.3) is 0 Å². The number of likely N-dealkylation sites (N-methyl/N-ethyl adjacent to an activating group) is 1. The van der Waals surface area contributed by atoms with Crippen molar-refractivity contribution in [3.05, 3.63) is 30.5 Å². The SMILES string of the molecule is CN=C(NCC(=O)N(C)C)N1CCC(n2ncc3ccccc32)C1.I. The van der Waals surface area contributed by atoms with Crippen molar-refractivity contribution in [3.8, 4) is 0 Å². The third-order valence-corrected chi connectivity index (χ3v) is 4.42. The Morgan fingerprint density at radius 1 is 1.40 bits per heavy atom. The van der Waals surface area contributed by atoms with E-state index in [1.165, 1.54) is 0 Å². The molecule has 1 amide bonds. The molecule has 1 unspecified atom stereocenters. The zero-order valence-electron chi connectivity index (χ0n) is 14.8. The lowest BCUT2D eigenvalue weighted by Gasteiger charge is -2.22. The van der Waals surface area contributed by atoms with Crippen molar-refractivity contribution < 1.29 is 4.79 Å². The first-order valence-corrected chi connectivity index (χ1v) is 8.18. The molecule has 8 heteroatoms. The molecule has 136 valence electrons. The number of aliphatic imine (C=N–C) groups is 1. The topological polar surface area (TPSA) is 65.8 Å². The fourth-order valence-electron chi connectivity index (χ4n) is 3.06. The third-order valence-electron chi connectivity index (χ3n) is 4.42. The Hall–Kier alpha value is -1.84. The van der Waals surface area contributed by atoms with E-state index in [9.17, 15) is 4.79 Å². The van der Waals surface area contributed by atoms with Crippen molar-refractivity contribution in [1.82, 2.24) is 24.9 Å². The number of rotatable bonds is 3. The molecular weight excluding hydrogens is 431 g/mol. The lowest BCUT2D eigenvalue weighted by atomic mass is 10.2. The van der Waals surface area contributed by atoms with Crippen LogP contribution in [-0.2, 0) is 4.79 Å². The summed E-state index contributed by atoms with van der Waals surface area (Å²) in [6, 6.07) is 8.57. The summed E-state index contributed by atoms with van der Waals surface area (Å²) in [5.74, 6) is 0.800. The highest BCUT2D eigenvalue weighted by atomic mass is 127. The van der Waals surface area contributed by atoms with Gasteiger partial charge in [-0.15, -0.1) is 24.0 Å². The van der Waals surface area contributed by atoms with E-state index >= 15 is 0 Å². The predicted molar refractivity (Wildman–Crippen MR) is 110 cm³/mol. The van der Waals surface area contributed by atoms with E-state index in [0.29, 0.717) is 6.04 Å². The lowest BCUT2D eigenvalue weighted by Crippen LogP contribution is -2.44. The average Bonchev–Trinajstić information content (AvgIpc) is 3.21. The summed E-state index contributed by atoms with van der Waals surface area (Å²) in [5.41, 5.74) is 1.16. The Morgan fingerprint density at radius 2 is 2.16 bits per heavy atom. The first kappa shape index (κ1) is 19.5. The summed E-state index contributed by atoms with van der Waals surface area (Å²) in [7, 11) is 5.25. The smallest absolute Gasteiger partial charge is 0.241 e.